The first-order valence-corrected chi connectivity index (χ1v) is 3.39. The van der Waals surface area contributed by atoms with E-state index in [2.05, 4.69) is 16.9 Å². The summed E-state index contributed by atoms with van der Waals surface area (Å²) in [5, 5.41) is 3.11. The molecule has 0 aromatic carbocycles. The van der Waals surface area contributed by atoms with Crippen molar-refractivity contribution in [3.63, 3.8) is 0 Å². The molecular formula is C7H12N2O. The summed E-state index contributed by atoms with van der Waals surface area (Å²) in [7, 11) is 0. The number of hydrogen-bond donors (Lipinski definition) is 1. The lowest BCUT2D eigenvalue weighted by atomic mass is 10.6. The molecule has 0 aliphatic carbocycles. The summed E-state index contributed by atoms with van der Waals surface area (Å²) in [6.07, 6.45) is 1.73. The van der Waals surface area contributed by atoms with Gasteiger partial charge in [0.15, 0.2) is 0 Å². The zero-order chi connectivity index (χ0) is 7.23. The maximum Gasteiger partial charge on any atom is 0.123 e. The maximum absolute atomic E-state index is 5.16. The van der Waals surface area contributed by atoms with Crippen LogP contribution in [0.25, 0.3) is 0 Å². The van der Waals surface area contributed by atoms with Crippen LogP contribution in [0.2, 0.25) is 0 Å². The Bertz CT molecular complexity index is 143. The lowest BCUT2D eigenvalue weighted by Gasteiger charge is -2.00. The average Bonchev–Trinajstić information content (AvgIpc) is 2.41. The van der Waals surface area contributed by atoms with Gasteiger partial charge in [0.1, 0.15) is 12.4 Å². The minimum absolute atomic E-state index is 0.589. The largest absolute Gasteiger partial charge is 0.370 e. The Morgan fingerprint density at radius 3 is 3.30 bits per heavy atom. The average molecular weight is 140 g/mol. The number of amidine groups is 1. The second kappa shape index (κ2) is 4.06. The van der Waals surface area contributed by atoms with Crippen molar-refractivity contribution in [2.24, 2.45) is 4.99 Å². The first-order valence-electron chi connectivity index (χ1n) is 3.39. The van der Waals surface area contributed by atoms with Crippen LogP contribution in [0.3, 0.4) is 0 Å². The predicted molar refractivity (Wildman–Crippen MR) is 41.3 cm³/mol. The second-order valence-electron chi connectivity index (χ2n) is 2.06. The van der Waals surface area contributed by atoms with Gasteiger partial charge in [0, 0.05) is 6.54 Å². The number of ether oxygens (including phenoxy) is 1. The maximum atomic E-state index is 5.16. The van der Waals surface area contributed by atoms with Gasteiger partial charge in [-0.05, 0) is 0 Å². The molecule has 0 saturated carbocycles. The van der Waals surface area contributed by atoms with Gasteiger partial charge >= 0.3 is 0 Å². The van der Waals surface area contributed by atoms with E-state index in [9.17, 15) is 0 Å². The summed E-state index contributed by atoms with van der Waals surface area (Å²) in [6, 6.07) is 0. The van der Waals surface area contributed by atoms with Crippen molar-refractivity contribution in [2.75, 3.05) is 26.3 Å². The molecule has 0 saturated heterocycles. The molecule has 0 aromatic rings. The van der Waals surface area contributed by atoms with Crippen LogP contribution in [0.1, 0.15) is 0 Å². The second-order valence-corrected chi connectivity index (χ2v) is 2.06. The van der Waals surface area contributed by atoms with Gasteiger partial charge in [0.2, 0.25) is 0 Å². The third kappa shape index (κ3) is 2.19. The molecule has 0 atom stereocenters. The molecule has 0 unspecified atom stereocenters. The summed E-state index contributed by atoms with van der Waals surface area (Å²) in [5.41, 5.74) is 0. The quantitative estimate of drug-likeness (QED) is 0.447. The highest BCUT2D eigenvalue weighted by Gasteiger charge is 2.02. The van der Waals surface area contributed by atoms with Crippen LogP contribution < -0.4 is 5.32 Å². The first-order chi connectivity index (χ1) is 4.93. The Morgan fingerprint density at radius 2 is 2.70 bits per heavy atom. The Labute approximate surface area is 60.8 Å². The molecule has 0 aromatic heterocycles. The Kier molecular flexibility index (Phi) is 2.96. The molecule has 0 spiro atoms. The predicted octanol–water partition coefficient (Wildman–Crippen LogP) is 0.191. The molecule has 1 aliphatic rings. The van der Waals surface area contributed by atoms with E-state index >= 15 is 0 Å². The summed E-state index contributed by atoms with van der Waals surface area (Å²) >= 11 is 0. The molecule has 3 heteroatoms. The van der Waals surface area contributed by atoms with Gasteiger partial charge in [-0.15, -0.1) is 6.58 Å². The van der Waals surface area contributed by atoms with Crippen LogP contribution in [0.15, 0.2) is 17.6 Å². The van der Waals surface area contributed by atoms with Crippen LogP contribution in [0, 0.1) is 0 Å². The van der Waals surface area contributed by atoms with Crippen LogP contribution in [-0.2, 0) is 4.74 Å². The Morgan fingerprint density at radius 1 is 1.80 bits per heavy atom. The van der Waals surface area contributed by atoms with Crippen molar-refractivity contribution in [1.29, 1.82) is 0 Å². The van der Waals surface area contributed by atoms with E-state index in [1.165, 1.54) is 0 Å². The van der Waals surface area contributed by atoms with Crippen molar-refractivity contribution in [3.05, 3.63) is 12.7 Å². The highest BCUT2D eigenvalue weighted by Crippen LogP contribution is 1.86. The van der Waals surface area contributed by atoms with Crippen LogP contribution in [-0.4, -0.2) is 32.1 Å². The summed E-state index contributed by atoms with van der Waals surface area (Å²) in [6.45, 7) is 6.56. The van der Waals surface area contributed by atoms with Gasteiger partial charge in [-0.25, -0.2) is 0 Å². The van der Waals surface area contributed by atoms with E-state index in [0.717, 1.165) is 18.9 Å². The summed E-state index contributed by atoms with van der Waals surface area (Å²) in [4.78, 5) is 4.15. The van der Waals surface area contributed by atoms with Gasteiger partial charge in [0.25, 0.3) is 0 Å². The fourth-order valence-electron chi connectivity index (χ4n) is 0.783. The normalized spacial score (nSPS) is 16.2. The lowest BCUT2D eigenvalue weighted by molar-refractivity contribution is 0.203. The van der Waals surface area contributed by atoms with Crippen molar-refractivity contribution >= 4 is 5.84 Å². The zero-order valence-corrected chi connectivity index (χ0v) is 5.97. The SMILES string of the molecule is C=CCOCC1=NCCN1. The number of aliphatic imine (C=N–C) groups is 1. The minimum Gasteiger partial charge on any atom is -0.370 e. The molecule has 1 heterocycles. The van der Waals surface area contributed by atoms with Crippen molar-refractivity contribution in [2.45, 2.75) is 0 Å². The number of hydrogen-bond acceptors (Lipinski definition) is 3. The third-order valence-corrected chi connectivity index (χ3v) is 1.22. The van der Waals surface area contributed by atoms with E-state index in [0.29, 0.717) is 13.2 Å². The van der Waals surface area contributed by atoms with Gasteiger partial charge in [-0.2, -0.15) is 0 Å². The topological polar surface area (TPSA) is 33.6 Å². The molecule has 56 valence electrons. The van der Waals surface area contributed by atoms with Crippen LogP contribution in [0.5, 0.6) is 0 Å². The molecule has 0 fully saturated rings. The first kappa shape index (κ1) is 7.28. The van der Waals surface area contributed by atoms with E-state index in [1.54, 1.807) is 6.08 Å². The fourth-order valence-corrected chi connectivity index (χ4v) is 0.783. The molecule has 0 bridgehead atoms. The number of rotatable bonds is 4. The molecule has 0 radical (unpaired) electrons. The molecule has 10 heavy (non-hydrogen) atoms. The Balaban J connectivity index is 2.06. The highest BCUT2D eigenvalue weighted by atomic mass is 16.5. The molecule has 1 aliphatic heterocycles. The zero-order valence-electron chi connectivity index (χ0n) is 5.97. The van der Waals surface area contributed by atoms with Crippen molar-refractivity contribution in [3.8, 4) is 0 Å². The highest BCUT2D eigenvalue weighted by molar-refractivity contribution is 5.84. The molecule has 0 amide bonds. The monoisotopic (exact) mass is 140 g/mol. The number of nitrogens with zero attached hydrogens (tertiary/aromatic N) is 1. The Hall–Kier alpha value is -0.830. The molecular weight excluding hydrogens is 128 g/mol. The molecule has 1 N–H and O–H groups in total. The van der Waals surface area contributed by atoms with Crippen molar-refractivity contribution < 1.29 is 4.74 Å². The van der Waals surface area contributed by atoms with Gasteiger partial charge in [-0.3, -0.25) is 4.99 Å². The standard InChI is InChI=1S/C7H12N2O/c1-2-5-10-6-7-8-3-4-9-7/h2H,1,3-6H2,(H,8,9). The van der Waals surface area contributed by atoms with Gasteiger partial charge in [0.05, 0.1) is 13.2 Å². The smallest absolute Gasteiger partial charge is 0.123 e. The summed E-state index contributed by atoms with van der Waals surface area (Å²) < 4.78 is 5.16. The van der Waals surface area contributed by atoms with E-state index in [-0.39, 0.29) is 0 Å². The fraction of sp³-hybridized carbons (Fsp3) is 0.571. The summed E-state index contributed by atoms with van der Waals surface area (Å²) in [5.74, 6) is 0.960. The number of nitrogens with one attached hydrogen (secondary N) is 1. The molecule has 3 nitrogen and oxygen atoms in total. The van der Waals surface area contributed by atoms with E-state index < -0.39 is 0 Å². The van der Waals surface area contributed by atoms with Crippen LogP contribution in [0.4, 0.5) is 0 Å². The van der Waals surface area contributed by atoms with Crippen LogP contribution >= 0.6 is 0 Å². The molecule has 1 rings (SSSR count). The van der Waals surface area contributed by atoms with Crippen molar-refractivity contribution in [1.82, 2.24) is 5.32 Å². The van der Waals surface area contributed by atoms with Gasteiger partial charge in [-0.1, -0.05) is 6.08 Å². The lowest BCUT2D eigenvalue weighted by Crippen LogP contribution is -2.23. The van der Waals surface area contributed by atoms with E-state index in [4.69, 9.17) is 4.74 Å². The third-order valence-electron chi connectivity index (χ3n) is 1.22. The van der Waals surface area contributed by atoms with E-state index in [1.807, 2.05) is 0 Å². The van der Waals surface area contributed by atoms with Gasteiger partial charge < -0.3 is 10.1 Å². The minimum atomic E-state index is 0.589.